The van der Waals surface area contributed by atoms with Gasteiger partial charge in [-0.25, -0.2) is 0 Å². The molecule has 0 atom stereocenters. The molecule has 0 N–H and O–H groups in total. The molecular formula is C16H21ClO2. The number of Topliss-reactive ketones (excluding diaryl/α,β-unsaturated/α-hetero) is 1. The van der Waals surface area contributed by atoms with Gasteiger partial charge in [0.25, 0.3) is 0 Å². The van der Waals surface area contributed by atoms with Crippen LogP contribution in [0.1, 0.15) is 49.9 Å². The van der Waals surface area contributed by atoms with Crippen LogP contribution in [0.25, 0.3) is 0 Å². The predicted molar refractivity (Wildman–Crippen MR) is 77.8 cm³/mol. The molecule has 1 aromatic rings. The molecule has 0 saturated heterocycles. The highest BCUT2D eigenvalue weighted by Crippen LogP contribution is 2.36. The van der Waals surface area contributed by atoms with Crippen LogP contribution in [0.4, 0.5) is 0 Å². The first-order valence-electron chi connectivity index (χ1n) is 6.87. The minimum atomic E-state index is 0.0292. The molecule has 0 unspecified atom stereocenters. The van der Waals surface area contributed by atoms with Crippen molar-refractivity contribution in [2.45, 2.75) is 45.6 Å². The van der Waals surface area contributed by atoms with Crippen LogP contribution in [0.5, 0.6) is 0 Å². The zero-order valence-corrected chi connectivity index (χ0v) is 12.4. The van der Waals surface area contributed by atoms with Crippen molar-refractivity contribution in [1.29, 1.82) is 0 Å². The number of hydrogen-bond acceptors (Lipinski definition) is 2. The fourth-order valence-corrected chi connectivity index (χ4v) is 2.58. The summed E-state index contributed by atoms with van der Waals surface area (Å²) in [5.41, 5.74) is 1.10. The number of carbonyl (C=O) groups excluding carboxylic acids is 1. The summed E-state index contributed by atoms with van der Waals surface area (Å²) in [5.74, 6) is 0.0292. The maximum absolute atomic E-state index is 12.0. The van der Waals surface area contributed by atoms with Crippen molar-refractivity contribution < 1.29 is 9.53 Å². The van der Waals surface area contributed by atoms with Crippen LogP contribution in [0.15, 0.2) is 24.3 Å². The summed E-state index contributed by atoms with van der Waals surface area (Å²) in [5, 5.41) is 0.645. The molecule has 0 amide bonds. The number of hydrogen-bond donors (Lipinski definition) is 0. The van der Waals surface area contributed by atoms with Gasteiger partial charge in [-0.1, -0.05) is 25.4 Å². The van der Waals surface area contributed by atoms with E-state index in [-0.39, 0.29) is 18.5 Å². The maximum atomic E-state index is 12.0. The fourth-order valence-electron chi connectivity index (χ4n) is 2.45. The first-order chi connectivity index (χ1) is 8.96. The van der Waals surface area contributed by atoms with Gasteiger partial charge in [0.05, 0.1) is 6.10 Å². The molecule has 0 bridgehead atoms. The number of ether oxygens (including phenoxy) is 1. The van der Waals surface area contributed by atoms with Crippen LogP contribution < -0.4 is 0 Å². The van der Waals surface area contributed by atoms with Gasteiger partial charge in [0, 0.05) is 10.6 Å². The monoisotopic (exact) mass is 280 g/mol. The number of ketones is 1. The van der Waals surface area contributed by atoms with Gasteiger partial charge in [-0.05, 0) is 55.4 Å². The van der Waals surface area contributed by atoms with E-state index in [9.17, 15) is 4.79 Å². The molecule has 1 aliphatic rings. The van der Waals surface area contributed by atoms with Crippen molar-refractivity contribution >= 4 is 17.4 Å². The van der Waals surface area contributed by atoms with E-state index in [4.69, 9.17) is 16.3 Å². The lowest BCUT2D eigenvalue weighted by atomic mass is 9.76. The van der Waals surface area contributed by atoms with Gasteiger partial charge in [-0.3, -0.25) is 4.79 Å². The van der Waals surface area contributed by atoms with Crippen molar-refractivity contribution in [3.63, 3.8) is 0 Å². The van der Waals surface area contributed by atoms with E-state index in [1.807, 2.05) is 0 Å². The lowest BCUT2D eigenvalue weighted by Crippen LogP contribution is -2.28. The molecule has 2 rings (SSSR count). The van der Waals surface area contributed by atoms with Crippen LogP contribution in [0.2, 0.25) is 5.02 Å². The molecule has 1 fully saturated rings. The van der Waals surface area contributed by atoms with Gasteiger partial charge in [0.1, 0.15) is 6.61 Å². The average Bonchev–Trinajstić information content (AvgIpc) is 2.38. The summed E-state index contributed by atoms with van der Waals surface area (Å²) in [6.45, 7) is 4.76. The Kier molecular flexibility index (Phi) is 4.64. The second-order valence-electron chi connectivity index (χ2n) is 6.10. The van der Waals surface area contributed by atoms with Crippen LogP contribution >= 0.6 is 11.6 Å². The SMILES string of the molecule is CC1(C)CCC(OCC(=O)c2ccc(Cl)cc2)CC1. The zero-order chi connectivity index (χ0) is 13.9. The number of rotatable bonds is 4. The summed E-state index contributed by atoms with van der Waals surface area (Å²) < 4.78 is 5.74. The molecule has 1 saturated carbocycles. The van der Waals surface area contributed by atoms with E-state index in [0.29, 0.717) is 16.0 Å². The third-order valence-electron chi connectivity index (χ3n) is 3.90. The Balaban J connectivity index is 1.80. The largest absolute Gasteiger partial charge is 0.370 e. The third kappa shape index (κ3) is 4.32. The van der Waals surface area contributed by atoms with Crippen molar-refractivity contribution in [3.05, 3.63) is 34.9 Å². The molecule has 104 valence electrons. The van der Waals surface area contributed by atoms with E-state index in [1.54, 1.807) is 24.3 Å². The van der Waals surface area contributed by atoms with Crippen molar-refractivity contribution in [2.75, 3.05) is 6.61 Å². The summed E-state index contributed by atoms with van der Waals surface area (Å²) in [7, 11) is 0. The van der Waals surface area contributed by atoms with Crippen LogP contribution in [-0.4, -0.2) is 18.5 Å². The smallest absolute Gasteiger partial charge is 0.188 e. The first-order valence-corrected chi connectivity index (χ1v) is 7.24. The Labute approximate surface area is 120 Å². The average molecular weight is 281 g/mol. The van der Waals surface area contributed by atoms with E-state index in [1.165, 1.54) is 12.8 Å². The van der Waals surface area contributed by atoms with E-state index in [0.717, 1.165) is 12.8 Å². The maximum Gasteiger partial charge on any atom is 0.188 e. The van der Waals surface area contributed by atoms with Crippen molar-refractivity contribution in [2.24, 2.45) is 5.41 Å². The fraction of sp³-hybridized carbons (Fsp3) is 0.562. The molecule has 0 spiro atoms. The Morgan fingerprint density at radius 3 is 2.42 bits per heavy atom. The Hall–Kier alpha value is -0.860. The van der Waals surface area contributed by atoms with Crippen molar-refractivity contribution in [3.8, 4) is 0 Å². The molecular weight excluding hydrogens is 260 g/mol. The molecule has 0 heterocycles. The van der Waals surface area contributed by atoms with Gasteiger partial charge in [-0.2, -0.15) is 0 Å². The molecule has 0 aliphatic heterocycles. The van der Waals surface area contributed by atoms with E-state index < -0.39 is 0 Å². The molecule has 2 nitrogen and oxygen atoms in total. The van der Waals surface area contributed by atoms with Crippen LogP contribution in [0, 0.1) is 5.41 Å². The summed E-state index contributed by atoms with van der Waals surface area (Å²) >= 11 is 5.80. The highest BCUT2D eigenvalue weighted by Gasteiger charge is 2.27. The molecule has 1 aliphatic carbocycles. The first kappa shape index (κ1) is 14.5. The normalized spacial score (nSPS) is 19.3. The molecule has 1 aromatic carbocycles. The van der Waals surface area contributed by atoms with Crippen LogP contribution in [-0.2, 0) is 4.74 Å². The zero-order valence-electron chi connectivity index (χ0n) is 11.6. The van der Waals surface area contributed by atoms with Gasteiger partial charge in [0.2, 0.25) is 0 Å². The number of carbonyl (C=O) groups is 1. The van der Waals surface area contributed by atoms with E-state index in [2.05, 4.69) is 13.8 Å². The van der Waals surface area contributed by atoms with Gasteiger partial charge in [0.15, 0.2) is 5.78 Å². The molecule has 19 heavy (non-hydrogen) atoms. The Morgan fingerprint density at radius 2 is 1.84 bits per heavy atom. The topological polar surface area (TPSA) is 26.3 Å². The Bertz CT molecular complexity index is 427. The highest BCUT2D eigenvalue weighted by atomic mass is 35.5. The minimum Gasteiger partial charge on any atom is -0.370 e. The van der Waals surface area contributed by atoms with E-state index >= 15 is 0 Å². The van der Waals surface area contributed by atoms with Crippen molar-refractivity contribution in [1.82, 2.24) is 0 Å². The van der Waals surface area contributed by atoms with Crippen LogP contribution in [0.3, 0.4) is 0 Å². The summed E-state index contributed by atoms with van der Waals surface area (Å²) in [6.07, 6.45) is 4.70. The second-order valence-corrected chi connectivity index (χ2v) is 6.54. The van der Waals surface area contributed by atoms with Gasteiger partial charge in [-0.15, -0.1) is 0 Å². The summed E-state index contributed by atoms with van der Waals surface area (Å²) in [6, 6.07) is 6.96. The van der Waals surface area contributed by atoms with Gasteiger partial charge >= 0.3 is 0 Å². The molecule has 0 radical (unpaired) electrons. The lowest BCUT2D eigenvalue weighted by molar-refractivity contribution is 0.00862. The quantitative estimate of drug-likeness (QED) is 0.759. The molecule has 0 aromatic heterocycles. The summed E-state index contributed by atoms with van der Waals surface area (Å²) in [4.78, 5) is 12.0. The van der Waals surface area contributed by atoms with Gasteiger partial charge < -0.3 is 4.74 Å². The number of benzene rings is 1. The second kappa shape index (κ2) is 6.06. The number of halogens is 1. The lowest BCUT2D eigenvalue weighted by Gasteiger charge is -2.34. The standard InChI is InChI=1S/C16H21ClO2/c1-16(2)9-7-14(8-10-16)19-11-15(18)12-3-5-13(17)6-4-12/h3-6,14H,7-11H2,1-2H3. The predicted octanol–water partition coefficient (Wildman–Crippen LogP) is 4.51. The minimum absolute atomic E-state index is 0.0292. The molecule has 3 heteroatoms. The third-order valence-corrected chi connectivity index (χ3v) is 4.15. The Morgan fingerprint density at radius 1 is 1.26 bits per heavy atom. The highest BCUT2D eigenvalue weighted by molar-refractivity contribution is 6.30.